The number of rotatable bonds is 6. The Morgan fingerprint density at radius 3 is 1.79 bits per heavy atom. The molecule has 0 aromatic heterocycles. The second-order valence-electron chi connectivity index (χ2n) is 3.63. The zero-order chi connectivity index (χ0) is 11.4. The van der Waals surface area contributed by atoms with Crippen molar-refractivity contribution in [2.75, 3.05) is 26.2 Å². The van der Waals surface area contributed by atoms with Crippen LogP contribution in [0.25, 0.3) is 0 Å². The predicted octanol–water partition coefficient (Wildman–Crippen LogP) is 0.115. The first kappa shape index (κ1) is 16.0. The molecule has 0 aliphatic rings. The highest BCUT2D eigenvalue weighted by atomic mass is 16.1. The molecule has 4 nitrogen and oxygen atoms in total. The lowest BCUT2D eigenvalue weighted by Crippen LogP contribution is -2.27. The van der Waals surface area contributed by atoms with E-state index in [-0.39, 0.29) is 5.78 Å². The number of ketones is 1. The quantitative estimate of drug-likeness (QED) is 0.535. The Bertz CT molecular complexity index is 123. The zero-order valence-electron chi connectivity index (χ0n) is 9.68. The Morgan fingerprint density at radius 1 is 1.21 bits per heavy atom. The maximum atomic E-state index is 10.3. The van der Waals surface area contributed by atoms with Crippen LogP contribution >= 0.6 is 0 Å². The van der Waals surface area contributed by atoms with E-state index in [4.69, 9.17) is 11.5 Å². The van der Waals surface area contributed by atoms with Crippen LogP contribution in [-0.4, -0.2) is 32.0 Å². The van der Waals surface area contributed by atoms with Gasteiger partial charge in [0.15, 0.2) is 0 Å². The number of carbonyl (C=O) groups is 1. The summed E-state index contributed by atoms with van der Waals surface area (Å²) in [5, 5.41) is 3.03. The molecule has 14 heavy (non-hydrogen) atoms. The monoisotopic (exact) mass is 203 g/mol. The molecule has 4 heteroatoms. The SMILES string of the molecule is CC(=O)CC(C)C.NCCNCCN. The standard InChI is InChI=1S/C6H12O.C4H13N3/c1-5(2)4-6(3)7;5-1-3-7-4-2-6/h5H,4H2,1-3H3;7H,1-6H2. The molecule has 0 heterocycles. The molecule has 0 aromatic rings. The second-order valence-corrected chi connectivity index (χ2v) is 3.63. The van der Waals surface area contributed by atoms with Crippen LogP contribution in [0.3, 0.4) is 0 Å². The average Bonchev–Trinajstić information content (AvgIpc) is 2.04. The molecule has 0 rings (SSSR count). The Kier molecular flexibility index (Phi) is 14.3. The van der Waals surface area contributed by atoms with Crippen LogP contribution in [0, 0.1) is 5.92 Å². The van der Waals surface area contributed by atoms with Crippen LogP contribution in [0.5, 0.6) is 0 Å². The molecule has 0 saturated carbocycles. The van der Waals surface area contributed by atoms with E-state index in [2.05, 4.69) is 5.32 Å². The summed E-state index contributed by atoms with van der Waals surface area (Å²) in [6.45, 7) is 8.84. The van der Waals surface area contributed by atoms with Gasteiger partial charge in [-0.15, -0.1) is 0 Å². The fourth-order valence-electron chi connectivity index (χ4n) is 0.904. The largest absolute Gasteiger partial charge is 0.329 e. The lowest BCUT2D eigenvalue weighted by atomic mass is 10.1. The number of nitrogens with one attached hydrogen (secondary N) is 1. The normalized spacial score (nSPS) is 9.57. The summed E-state index contributed by atoms with van der Waals surface area (Å²) < 4.78 is 0. The van der Waals surface area contributed by atoms with Crippen LogP contribution < -0.4 is 16.8 Å². The van der Waals surface area contributed by atoms with Crippen molar-refractivity contribution in [3.63, 3.8) is 0 Å². The molecule has 0 amide bonds. The van der Waals surface area contributed by atoms with Crippen LogP contribution in [0.2, 0.25) is 0 Å². The van der Waals surface area contributed by atoms with Gasteiger partial charge in [0, 0.05) is 32.6 Å². The smallest absolute Gasteiger partial charge is 0.130 e. The fourth-order valence-corrected chi connectivity index (χ4v) is 0.904. The molecule has 0 atom stereocenters. The van der Waals surface area contributed by atoms with Crippen LogP contribution in [0.15, 0.2) is 0 Å². The van der Waals surface area contributed by atoms with Crippen LogP contribution in [0.1, 0.15) is 27.2 Å². The first-order valence-corrected chi connectivity index (χ1v) is 5.14. The van der Waals surface area contributed by atoms with E-state index in [1.807, 2.05) is 13.8 Å². The van der Waals surface area contributed by atoms with E-state index in [9.17, 15) is 4.79 Å². The molecule has 0 fully saturated rings. The number of hydrogen-bond donors (Lipinski definition) is 3. The van der Waals surface area contributed by atoms with E-state index in [1.165, 1.54) is 0 Å². The minimum atomic E-state index is 0.287. The van der Waals surface area contributed by atoms with Crippen molar-refractivity contribution >= 4 is 5.78 Å². The molecule has 0 aliphatic carbocycles. The van der Waals surface area contributed by atoms with Crippen LogP contribution in [0.4, 0.5) is 0 Å². The fraction of sp³-hybridized carbons (Fsp3) is 0.900. The molecule has 0 aromatic carbocycles. The second kappa shape index (κ2) is 12.6. The Hall–Kier alpha value is -0.450. The molecule has 0 unspecified atom stereocenters. The molecule has 0 radical (unpaired) electrons. The van der Waals surface area contributed by atoms with E-state index < -0.39 is 0 Å². The van der Waals surface area contributed by atoms with Gasteiger partial charge in [0.05, 0.1) is 0 Å². The van der Waals surface area contributed by atoms with Crippen molar-refractivity contribution in [1.29, 1.82) is 0 Å². The molecule has 5 N–H and O–H groups in total. The van der Waals surface area contributed by atoms with Gasteiger partial charge < -0.3 is 21.6 Å². The maximum Gasteiger partial charge on any atom is 0.130 e. The van der Waals surface area contributed by atoms with Gasteiger partial charge in [0.25, 0.3) is 0 Å². The van der Waals surface area contributed by atoms with Gasteiger partial charge in [0.1, 0.15) is 5.78 Å². The van der Waals surface area contributed by atoms with Gasteiger partial charge in [-0.25, -0.2) is 0 Å². The van der Waals surface area contributed by atoms with Gasteiger partial charge in [0.2, 0.25) is 0 Å². The highest BCUT2D eigenvalue weighted by molar-refractivity contribution is 5.75. The third-order valence-corrected chi connectivity index (χ3v) is 1.34. The third-order valence-electron chi connectivity index (χ3n) is 1.34. The minimum Gasteiger partial charge on any atom is -0.329 e. The molecule has 0 bridgehead atoms. The van der Waals surface area contributed by atoms with Gasteiger partial charge in [-0.1, -0.05) is 13.8 Å². The topological polar surface area (TPSA) is 81.1 Å². The summed E-state index contributed by atoms with van der Waals surface area (Å²) in [4.78, 5) is 10.3. The van der Waals surface area contributed by atoms with E-state index >= 15 is 0 Å². The number of Topliss-reactive ketones (excluding diaryl/α,β-unsaturated/α-hetero) is 1. The highest BCUT2D eigenvalue weighted by Gasteiger charge is 1.95. The van der Waals surface area contributed by atoms with Gasteiger partial charge in [-0.2, -0.15) is 0 Å². The Morgan fingerprint density at radius 2 is 1.64 bits per heavy atom. The van der Waals surface area contributed by atoms with Crippen molar-refractivity contribution in [1.82, 2.24) is 5.32 Å². The highest BCUT2D eigenvalue weighted by Crippen LogP contribution is 1.97. The van der Waals surface area contributed by atoms with Gasteiger partial charge >= 0.3 is 0 Å². The summed E-state index contributed by atoms with van der Waals surface area (Å²) in [6, 6.07) is 0. The molecular formula is C10H25N3O. The summed E-state index contributed by atoms with van der Waals surface area (Å²) in [7, 11) is 0. The third kappa shape index (κ3) is 22.6. The van der Waals surface area contributed by atoms with Crippen molar-refractivity contribution < 1.29 is 4.79 Å². The summed E-state index contributed by atoms with van der Waals surface area (Å²) >= 11 is 0. The van der Waals surface area contributed by atoms with Gasteiger partial charge in [-0.3, -0.25) is 0 Å². The Balaban J connectivity index is 0. The number of hydrogen-bond acceptors (Lipinski definition) is 4. The average molecular weight is 203 g/mol. The summed E-state index contributed by atoms with van der Waals surface area (Å²) in [5.74, 6) is 0.813. The minimum absolute atomic E-state index is 0.287. The van der Waals surface area contributed by atoms with E-state index in [0.29, 0.717) is 19.0 Å². The molecule has 0 aliphatic heterocycles. The molecular weight excluding hydrogens is 178 g/mol. The molecule has 0 saturated heterocycles. The zero-order valence-corrected chi connectivity index (χ0v) is 9.68. The van der Waals surface area contributed by atoms with Crippen molar-refractivity contribution in [2.45, 2.75) is 27.2 Å². The van der Waals surface area contributed by atoms with Gasteiger partial charge in [-0.05, 0) is 12.8 Å². The van der Waals surface area contributed by atoms with Crippen molar-refractivity contribution in [3.05, 3.63) is 0 Å². The van der Waals surface area contributed by atoms with Crippen LogP contribution in [-0.2, 0) is 4.79 Å². The molecule has 0 spiro atoms. The maximum absolute atomic E-state index is 10.3. The predicted molar refractivity (Wildman–Crippen MR) is 61.1 cm³/mol. The lowest BCUT2D eigenvalue weighted by Gasteiger charge is -1.95. The first-order valence-electron chi connectivity index (χ1n) is 5.14. The Labute approximate surface area is 87.4 Å². The number of nitrogens with two attached hydrogens (primary N) is 2. The number of carbonyl (C=O) groups excluding carboxylic acids is 1. The van der Waals surface area contributed by atoms with Crippen molar-refractivity contribution in [2.24, 2.45) is 17.4 Å². The molecule has 86 valence electrons. The van der Waals surface area contributed by atoms with Crippen molar-refractivity contribution in [3.8, 4) is 0 Å². The van der Waals surface area contributed by atoms with E-state index in [1.54, 1.807) is 6.92 Å². The lowest BCUT2D eigenvalue weighted by molar-refractivity contribution is -0.117. The van der Waals surface area contributed by atoms with E-state index in [0.717, 1.165) is 19.5 Å². The summed E-state index contributed by atoms with van der Waals surface area (Å²) in [6.07, 6.45) is 0.722. The first-order chi connectivity index (χ1) is 6.54. The summed E-state index contributed by atoms with van der Waals surface area (Å²) in [5.41, 5.74) is 10.3.